The van der Waals surface area contributed by atoms with Gasteiger partial charge in [0.15, 0.2) is 0 Å². The first-order chi connectivity index (χ1) is 14.3. The van der Waals surface area contributed by atoms with Crippen molar-refractivity contribution in [2.24, 2.45) is 0 Å². The third kappa shape index (κ3) is 5.07. The van der Waals surface area contributed by atoms with E-state index in [1.54, 1.807) is 18.2 Å². The van der Waals surface area contributed by atoms with Crippen LogP contribution in [0.25, 0.3) is 17.5 Å². The molecule has 30 heavy (non-hydrogen) atoms. The predicted octanol–water partition coefficient (Wildman–Crippen LogP) is 5.09. The summed E-state index contributed by atoms with van der Waals surface area (Å²) in [5, 5.41) is 27.9. The van der Waals surface area contributed by atoms with Crippen LogP contribution in [0.1, 0.15) is 5.56 Å². The Kier molecular flexibility index (Phi) is 6.91. The monoisotopic (exact) mass is 512 g/mol. The molecule has 0 aliphatic heterocycles. The Morgan fingerprint density at radius 1 is 1.17 bits per heavy atom. The molecule has 0 spiro atoms. The Bertz CT molecular complexity index is 1110. The van der Waals surface area contributed by atoms with Crippen LogP contribution < -0.4 is 9.47 Å². The van der Waals surface area contributed by atoms with E-state index in [9.17, 15) is 15.0 Å². The van der Waals surface area contributed by atoms with E-state index in [-0.39, 0.29) is 27.3 Å². The van der Waals surface area contributed by atoms with E-state index in [2.05, 4.69) is 26.1 Å². The van der Waals surface area contributed by atoms with Gasteiger partial charge in [-0.1, -0.05) is 11.6 Å². The largest absolute Gasteiger partial charge is 0.506 e. The zero-order valence-corrected chi connectivity index (χ0v) is 18.7. The molecule has 0 saturated carbocycles. The van der Waals surface area contributed by atoms with Crippen molar-refractivity contribution < 1.29 is 28.9 Å². The van der Waals surface area contributed by atoms with E-state index in [0.29, 0.717) is 26.6 Å². The molecule has 0 fully saturated rings. The summed E-state index contributed by atoms with van der Waals surface area (Å²) in [5.74, 6) is -0.158. The zero-order valence-electron chi connectivity index (χ0n) is 15.6. The van der Waals surface area contributed by atoms with Gasteiger partial charge in [-0.2, -0.15) is 0 Å². The number of ether oxygens (including phenoxy) is 2. The lowest BCUT2D eigenvalue weighted by Crippen LogP contribution is -1.97. The summed E-state index contributed by atoms with van der Waals surface area (Å²) in [6, 6.07) is 7.98. The second kappa shape index (κ2) is 9.41. The average Bonchev–Trinajstić information content (AvgIpc) is 3.19. The molecule has 1 aromatic heterocycles. The number of hydrogen-bond donors (Lipinski definition) is 2. The molecule has 1 heterocycles. The quantitative estimate of drug-likeness (QED) is 0.329. The molecule has 3 rings (SSSR count). The third-order valence-corrected chi connectivity index (χ3v) is 5.43. The Labute approximate surface area is 188 Å². The lowest BCUT2D eigenvalue weighted by Gasteiger charge is -2.06. The minimum absolute atomic E-state index is 0.000945. The number of nitrogens with zero attached hydrogens (tertiary/aromatic N) is 2. The molecule has 156 valence electrons. The van der Waals surface area contributed by atoms with Gasteiger partial charge in [0.05, 0.1) is 18.7 Å². The van der Waals surface area contributed by atoms with Crippen molar-refractivity contribution in [3.63, 3.8) is 0 Å². The van der Waals surface area contributed by atoms with Gasteiger partial charge in [0.2, 0.25) is 5.89 Å². The number of carbonyl (C=O) groups is 1. The molecule has 0 atom stereocenters. The maximum atomic E-state index is 11.7. The number of thioether (sulfide) groups is 1. The van der Waals surface area contributed by atoms with Crippen molar-refractivity contribution in [2.75, 3.05) is 14.2 Å². The molecular formula is C19H14BrClN2O6S. The van der Waals surface area contributed by atoms with Crippen LogP contribution in [0.3, 0.4) is 0 Å². The van der Waals surface area contributed by atoms with Crippen molar-refractivity contribution in [1.29, 1.82) is 0 Å². The van der Waals surface area contributed by atoms with Crippen molar-refractivity contribution in [2.45, 2.75) is 5.22 Å². The van der Waals surface area contributed by atoms with Crippen molar-refractivity contribution in [3.8, 4) is 28.7 Å². The highest BCUT2D eigenvalue weighted by molar-refractivity contribution is 9.10. The smallest absolute Gasteiger partial charge is 0.342 e. The first-order valence-corrected chi connectivity index (χ1v) is 10.2. The number of methoxy groups -OCH3 is 2. The molecule has 0 aliphatic rings. The third-order valence-electron chi connectivity index (χ3n) is 3.76. The van der Waals surface area contributed by atoms with Crippen molar-refractivity contribution >= 4 is 51.3 Å². The highest BCUT2D eigenvalue weighted by Gasteiger charge is 2.18. The Morgan fingerprint density at radius 3 is 2.43 bits per heavy atom. The molecule has 0 amide bonds. The van der Waals surface area contributed by atoms with Crippen LogP contribution in [-0.4, -0.2) is 40.6 Å². The van der Waals surface area contributed by atoms with Crippen LogP contribution >= 0.6 is 39.3 Å². The van der Waals surface area contributed by atoms with Crippen molar-refractivity contribution in [1.82, 2.24) is 10.2 Å². The number of aromatic nitrogens is 2. The summed E-state index contributed by atoms with van der Waals surface area (Å²) in [5.41, 5.74) is 0.763. The van der Waals surface area contributed by atoms with Crippen molar-refractivity contribution in [3.05, 3.63) is 50.3 Å². The number of halogens is 2. The Balaban J connectivity index is 1.92. The lowest BCUT2D eigenvalue weighted by atomic mass is 10.2. The molecule has 8 nitrogen and oxygen atoms in total. The molecule has 2 N–H and O–H groups in total. The summed E-state index contributed by atoms with van der Waals surface area (Å²) < 4.78 is 16.4. The predicted molar refractivity (Wildman–Crippen MR) is 115 cm³/mol. The fourth-order valence-electron chi connectivity index (χ4n) is 2.36. The molecule has 11 heteroatoms. The standard InChI is InChI=1S/C19H14BrClN2O6S/c1-27-12-4-10(5-13(8-12)28-2)17-22-23-19(29-17)30-15(18(25)26)6-9-3-11(21)7-14(20)16(9)24/h3-8,24H,1-2H3,(H,25,26)/b15-6-. The summed E-state index contributed by atoms with van der Waals surface area (Å²) in [6.45, 7) is 0. The topological polar surface area (TPSA) is 115 Å². The van der Waals surface area contributed by atoms with Gasteiger partial charge in [0.25, 0.3) is 5.22 Å². The highest BCUT2D eigenvalue weighted by atomic mass is 79.9. The Hall–Kier alpha value is -2.69. The van der Waals surface area contributed by atoms with Crippen LogP contribution in [-0.2, 0) is 4.79 Å². The number of carboxylic acid groups (broad SMARTS) is 1. The van der Waals surface area contributed by atoms with E-state index < -0.39 is 5.97 Å². The molecule has 0 aliphatic carbocycles. The number of carboxylic acids is 1. The average molecular weight is 514 g/mol. The van der Waals surface area contributed by atoms with Crippen LogP contribution in [0.5, 0.6) is 17.2 Å². The first kappa shape index (κ1) is 22.0. The normalized spacial score (nSPS) is 11.4. The highest BCUT2D eigenvalue weighted by Crippen LogP contribution is 2.36. The minimum atomic E-state index is -1.24. The maximum Gasteiger partial charge on any atom is 0.342 e. The number of hydrogen-bond acceptors (Lipinski definition) is 8. The zero-order chi connectivity index (χ0) is 21.8. The number of phenols is 1. The van der Waals surface area contributed by atoms with Gasteiger partial charge in [-0.15, -0.1) is 10.2 Å². The molecule has 0 saturated heterocycles. The second-order valence-corrected chi connectivity index (χ2v) is 8.00. The van der Waals surface area contributed by atoms with Crippen LogP contribution in [0.2, 0.25) is 5.02 Å². The van der Waals surface area contributed by atoms with Gasteiger partial charge in [-0.05, 0) is 58.0 Å². The van der Waals surface area contributed by atoms with Gasteiger partial charge < -0.3 is 24.1 Å². The molecule has 3 aromatic rings. The lowest BCUT2D eigenvalue weighted by molar-refractivity contribution is -0.131. The summed E-state index contributed by atoms with van der Waals surface area (Å²) in [6.07, 6.45) is 1.26. The summed E-state index contributed by atoms with van der Waals surface area (Å²) in [7, 11) is 3.03. The number of aromatic hydroxyl groups is 1. The molecule has 0 unspecified atom stereocenters. The number of aliphatic carboxylic acids is 1. The van der Waals surface area contributed by atoms with Gasteiger partial charge in [-0.25, -0.2) is 4.79 Å². The van der Waals surface area contributed by atoms with Gasteiger partial charge >= 0.3 is 5.97 Å². The number of rotatable bonds is 7. The van der Waals surface area contributed by atoms with Crippen LogP contribution in [0.15, 0.2) is 49.3 Å². The molecule has 0 bridgehead atoms. The summed E-state index contributed by atoms with van der Waals surface area (Å²) >= 11 is 9.88. The second-order valence-electron chi connectivity index (χ2n) is 5.72. The summed E-state index contributed by atoms with van der Waals surface area (Å²) in [4.78, 5) is 11.5. The van der Waals surface area contributed by atoms with Crippen LogP contribution in [0.4, 0.5) is 0 Å². The molecule has 0 radical (unpaired) electrons. The van der Waals surface area contributed by atoms with E-state index in [1.165, 1.54) is 32.4 Å². The SMILES string of the molecule is COc1cc(OC)cc(-c2nnc(S/C(=C\c3cc(Cl)cc(Br)c3O)C(=O)O)o2)c1. The molecule has 2 aromatic carbocycles. The first-order valence-electron chi connectivity index (χ1n) is 8.18. The fourth-order valence-corrected chi connectivity index (χ4v) is 3.86. The number of benzene rings is 2. The fraction of sp³-hybridized carbons (Fsp3) is 0.105. The van der Waals surface area contributed by atoms with Gasteiger partial charge in [-0.3, -0.25) is 0 Å². The maximum absolute atomic E-state index is 11.7. The van der Waals surface area contributed by atoms with Gasteiger partial charge in [0, 0.05) is 22.2 Å². The Morgan fingerprint density at radius 2 is 1.83 bits per heavy atom. The van der Waals surface area contributed by atoms with E-state index in [0.717, 1.165) is 11.8 Å². The number of phenolic OH excluding ortho intramolecular Hbond substituents is 1. The molecular weight excluding hydrogens is 500 g/mol. The van der Waals surface area contributed by atoms with Gasteiger partial charge in [0.1, 0.15) is 22.2 Å². The van der Waals surface area contributed by atoms with E-state index in [4.69, 9.17) is 25.5 Å². The minimum Gasteiger partial charge on any atom is -0.506 e. The van der Waals surface area contributed by atoms with Crippen LogP contribution in [0, 0.1) is 0 Å². The van der Waals surface area contributed by atoms with E-state index >= 15 is 0 Å². The van der Waals surface area contributed by atoms with E-state index in [1.807, 2.05) is 0 Å².